The number of aliphatic hydroxyl groups excluding tert-OH is 3. The van der Waals surface area contributed by atoms with E-state index >= 15 is 0 Å². The maximum Gasteiger partial charge on any atom is 0.363 e. The van der Waals surface area contributed by atoms with Gasteiger partial charge in [-0.15, -0.1) is 0 Å². The van der Waals surface area contributed by atoms with Gasteiger partial charge in [-0.1, -0.05) is 0 Å². The van der Waals surface area contributed by atoms with Gasteiger partial charge in [0.1, 0.15) is 18.3 Å². The van der Waals surface area contributed by atoms with E-state index in [-0.39, 0.29) is 0 Å². The van der Waals surface area contributed by atoms with E-state index in [1.165, 1.54) is 0 Å². The van der Waals surface area contributed by atoms with Crippen molar-refractivity contribution < 1.29 is 73.7 Å². The Morgan fingerprint density at radius 2 is 0.917 bits per heavy atom. The molecular weight excluding hydrogens is 405 g/mol. The Kier molecular flexibility index (Phi) is 5.19. The van der Waals surface area contributed by atoms with Crippen LogP contribution < -0.4 is 0 Å². The first-order chi connectivity index (χ1) is 10.2. The fraction of sp³-hybridized carbons (Fsp3) is 1.00. The lowest BCUT2D eigenvalue weighted by Gasteiger charge is -2.57. The molecule has 0 heterocycles. The lowest BCUT2D eigenvalue weighted by atomic mass is 9.83. The van der Waals surface area contributed by atoms with Gasteiger partial charge in [0, 0.05) is 0 Å². The van der Waals surface area contributed by atoms with Gasteiger partial charge in [-0.2, -0.15) is 0 Å². The highest BCUT2D eigenvalue weighted by Gasteiger charge is 2.86. The normalized spacial score (nSPS) is 45.2. The molecule has 0 radical (unpaired) electrons. The van der Waals surface area contributed by atoms with Crippen molar-refractivity contribution in [1.29, 1.82) is 0 Å². The van der Waals surface area contributed by atoms with E-state index in [1.54, 1.807) is 0 Å². The van der Waals surface area contributed by atoms with Crippen molar-refractivity contribution in [1.82, 2.24) is 0 Å². The Hall–Kier alpha value is 0.210. The molecule has 0 amide bonds. The summed E-state index contributed by atoms with van der Waals surface area (Å²) in [6, 6.07) is 0. The van der Waals surface area contributed by atoms with E-state index in [2.05, 4.69) is 0 Å². The van der Waals surface area contributed by atoms with Crippen LogP contribution in [-0.4, -0.2) is 94.3 Å². The van der Waals surface area contributed by atoms with Gasteiger partial charge >= 0.3 is 22.8 Å². The molecule has 15 nitrogen and oxygen atoms in total. The van der Waals surface area contributed by atoms with Gasteiger partial charge in [-0.25, -0.2) is 0 Å². The second kappa shape index (κ2) is 5.60. The summed E-state index contributed by atoms with van der Waals surface area (Å²) in [6.07, 6.45) is -11.0. The first-order valence-corrected chi connectivity index (χ1v) is 10.4. The predicted molar refractivity (Wildman–Crippen MR) is 69.0 cm³/mol. The van der Waals surface area contributed by atoms with E-state index in [1.807, 2.05) is 0 Å². The second-order valence-electron chi connectivity index (χ2n) is 5.16. The van der Waals surface area contributed by atoms with Crippen LogP contribution in [0.25, 0.3) is 0 Å². The summed E-state index contributed by atoms with van der Waals surface area (Å²) in [4.78, 5) is 54.4. The van der Waals surface area contributed by atoms with Gasteiger partial charge in [-0.3, -0.25) is 13.7 Å². The zero-order chi connectivity index (χ0) is 19.7. The number of hydrogen-bond donors (Lipinski definition) is 12. The third-order valence-electron chi connectivity index (χ3n) is 3.83. The Morgan fingerprint density at radius 1 is 0.583 bits per heavy atom. The maximum atomic E-state index is 11.5. The van der Waals surface area contributed by atoms with E-state index in [9.17, 15) is 44.3 Å². The molecule has 0 spiro atoms. The first kappa shape index (κ1) is 22.3. The molecule has 144 valence electrons. The molecule has 1 saturated carbocycles. The van der Waals surface area contributed by atoms with Gasteiger partial charge in [-0.05, 0) is 0 Å². The van der Waals surface area contributed by atoms with Gasteiger partial charge < -0.3 is 60.0 Å². The maximum absolute atomic E-state index is 11.5. The summed E-state index contributed by atoms with van der Waals surface area (Å²) >= 11 is 0. The SMILES string of the molecule is O=P(O)(O)C1(O)C(O)C(O)C(O)(P(=O)(O)O)C(O)(P(=O)(O)O)C1O. The van der Waals surface area contributed by atoms with Crippen LogP contribution in [0.15, 0.2) is 0 Å². The number of rotatable bonds is 3. The van der Waals surface area contributed by atoms with Crippen molar-refractivity contribution in [3.8, 4) is 0 Å². The standard InChI is InChI=1S/C6H15O15P3/c7-1-2(8)5(11,23(16,17)18)6(12,24(19,20)21)3(9)4(1,10)22(13,14)15/h1-3,7-12H,(H2,13,14,15)(H2,16,17,18)(H2,19,20,21). The van der Waals surface area contributed by atoms with Gasteiger partial charge in [0.15, 0.2) is 0 Å². The molecule has 1 aliphatic rings. The van der Waals surface area contributed by atoms with Crippen LogP contribution in [0.4, 0.5) is 0 Å². The van der Waals surface area contributed by atoms with Gasteiger partial charge in [0.05, 0.1) is 0 Å². The smallest absolute Gasteiger partial charge is 0.363 e. The summed E-state index contributed by atoms with van der Waals surface area (Å²) < 4.78 is 34.2. The summed E-state index contributed by atoms with van der Waals surface area (Å²) in [5.41, 5.74) is 0. The van der Waals surface area contributed by atoms with Crippen LogP contribution in [0, 0.1) is 0 Å². The molecule has 18 heteroatoms. The van der Waals surface area contributed by atoms with Crippen molar-refractivity contribution in [2.75, 3.05) is 0 Å². The van der Waals surface area contributed by atoms with Crippen molar-refractivity contribution >= 4 is 22.8 Å². The van der Waals surface area contributed by atoms with Crippen molar-refractivity contribution in [3.05, 3.63) is 0 Å². The minimum Gasteiger partial charge on any atom is -0.386 e. The average molecular weight is 420 g/mol. The molecule has 0 bridgehead atoms. The predicted octanol–water partition coefficient (Wildman–Crippen LogP) is -5.32. The van der Waals surface area contributed by atoms with E-state index in [4.69, 9.17) is 29.4 Å². The lowest BCUT2D eigenvalue weighted by Crippen LogP contribution is -2.80. The molecule has 12 N–H and O–H groups in total. The van der Waals surface area contributed by atoms with Crippen LogP contribution in [0.2, 0.25) is 0 Å². The fourth-order valence-electron chi connectivity index (χ4n) is 2.42. The Bertz CT molecular complexity index is 660. The van der Waals surface area contributed by atoms with E-state index in [0.717, 1.165) is 0 Å². The molecule has 24 heavy (non-hydrogen) atoms. The topological polar surface area (TPSA) is 294 Å². The quantitative estimate of drug-likeness (QED) is 0.190. The third-order valence-corrected chi connectivity index (χ3v) is 8.41. The molecule has 0 aromatic carbocycles. The minimum absolute atomic E-state index is 3.45. The highest BCUT2D eigenvalue weighted by molar-refractivity contribution is 7.58. The lowest BCUT2D eigenvalue weighted by molar-refractivity contribution is -0.280. The van der Waals surface area contributed by atoms with Crippen molar-refractivity contribution in [3.63, 3.8) is 0 Å². The highest BCUT2D eigenvalue weighted by atomic mass is 31.2. The first-order valence-electron chi connectivity index (χ1n) is 5.60. The fourth-order valence-corrected chi connectivity index (χ4v) is 6.41. The number of hydrogen-bond acceptors (Lipinski definition) is 9. The summed E-state index contributed by atoms with van der Waals surface area (Å²) in [5, 5.41) is 44.7. The molecular formula is C6H15O15P3. The van der Waals surface area contributed by atoms with Gasteiger partial charge in [0.25, 0.3) is 0 Å². The van der Waals surface area contributed by atoms with Crippen LogP contribution in [-0.2, 0) is 13.7 Å². The average Bonchev–Trinajstić information content (AvgIpc) is 2.36. The van der Waals surface area contributed by atoms with Gasteiger partial charge in [0.2, 0.25) is 16.0 Å². The molecule has 1 rings (SSSR count). The molecule has 0 aromatic rings. The molecule has 6 unspecified atom stereocenters. The second-order valence-corrected chi connectivity index (χ2v) is 10.5. The molecule has 1 aliphatic carbocycles. The Morgan fingerprint density at radius 3 is 1.17 bits per heavy atom. The zero-order valence-corrected chi connectivity index (χ0v) is 13.8. The summed E-state index contributed by atoms with van der Waals surface area (Å²) in [7, 11) is -19.2. The zero-order valence-electron chi connectivity index (χ0n) is 11.2. The van der Waals surface area contributed by atoms with Crippen LogP contribution in [0.5, 0.6) is 0 Å². The summed E-state index contributed by atoms with van der Waals surface area (Å²) in [6.45, 7) is 0. The molecule has 0 saturated heterocycles. The molecule has 0 aliphatic heterocycles. The highest BCUT2D eigenvalue weighted by Crippen LogP contribution is 2.74. The molecule has 1 fully saturated rings. The van der Waals surface area contributed by atoms with E-state index in [0.29, 0.717) is 0 Å². The minimum atomic E-state index is -6.55. The van der Waals surface area contributed by atoms with Crippen molar-refractivity contribution in [2.24, 2.45) is 0 Å². The molecule has 0 aromatic heterocycles. The Labute approximate surface area is 131 Å². The largest absolute Gasteiger partial charge is 0.386 e. The van der Waals surface area contributed by atoms with Crippen LogP contribution >= 0.6 is 22.8 Å². The Balaban J connectivity index is 4.01. The van der Waals surface area contributed by atoms with Crippen LogP contribution in [0.3, 0.4) is 0 Å². The monoisotopic (exact) mass is 420 g/mol. The summed E-state index contributed by atoms with van der Waals surface area (Å²) in [5.74, 6) is 0. The third kappa shape index (κ3) is 2.42. The number of aliphatic hydroxyl groups is 6. The van der Waals surface area contributed by atoms with Crippen LogP contribution in [0.1, 0.15) is 0 Å². The van der Waals surface area contributed by atoms with Crippen molar-refractivity contribution in [2.45, 2.75) is 34.3 Å². The van der Waals surface area contributed by atoms with E-state index < -0.39 is 57.1 Å². The molecule has 6 atom stereocenters.